The van der Waals surface area contributed by atoms with E-state index < -0.39 is 39.2 Å². The minimum absolute atomic E-state index is 0.0158. The molecule has 36 heavy (non-hydrogen) atoms. The van der Waals surface area contributed by atoms with E-state index in [9.17, 15) is 18.3 Å². The Hall–Kier alpha value is -1.41. The van der Waals surface area contributed by atoms with E-state index in [4.69, 9.17) is 14.2 Å². The van der Waals surface area contributed by atoms with Crippen LogP contribution in [-0.4, -0.2) is 56.4 Å². The van der Waals surface area contributed by atoms with Gasteiger partial charge in [0.2, 0.25) is 0 Å². The van der Waals surface area contributed by atoms with Crippen LogP contribution in [0.2, 0.25) is 51.4 Å². The molecule has 0 spiro atoms. The van der Waals surface area contributed by atoms with E-state index in [1.54, 1.807) is 0 Å². The molecule has 1 aromatic heterocycles. The van der Waals surface area contributed by atoms with Crippen LogP contribution in [-0.2, 0) is 27.1 Å². The first-order valence-corrected chi connectivity index (χ1v) is 20.0. The summed E-state index contributed by atoms with van der Waals surface area (Å²) in [6, 6.07) is 4.02. The average molecular weight is 547 g/mol. The highest BCUT2D eigenvalue weighted by atomic mass is 28.3. The van der Waals surface area contributed by atoms with Crippen molar-refractivity contribution >= 4 is 27.2 Å². The van der Waals surface area contributed by atoms with Crippen molar-refractivity contribution in [3.05, 3.63) is 23.5 Å². The van der Waals surface area contributed by atoms with E-state index in [-0.39, 0.29) is 30.5 Å². The topological polar surface area (TPSA) is 65.7 Å². The number of halogens is 3. The predicted molar refractivity (Wildman–Crippen MR) is 141 cm³/mol. The van der Waals surface area contributed by atoms with E-state index in [2.05, 4.69) is 44.3 Å². The Balaban J connectivity index is 1.77. The van der Waals surface area contributed by atoms with Gasteiger partial charge in [0.05, 0.1) is 22.2 Å². The van der Waals surface area contributed by atoms with Crippen molar-refractivity contribution in [1.82, 2.24) is 9.55 Å². The Bertz CT molecular complexity index is 1040. The fourth-order valence-corrected chi connectivity index (χ4v) is 5.88. The number of alkyl halides is 3. The van der Waals surface area contributed by atoms with Crippen molar-refractivity contribution in [3.8, 4) is 5.75 Å². The summed E-state index contributed by atoms with van der Waals surface area (Å²) < 4.78 is 60.8. The lowest BCUT2D eigenvalue weighted by Crippen LogP contribution is -2.43. The van der Waals surface area contributed by atoms with Crippen LogP contribution < -0.4 is 0 Å². The normalized spacial score (nSPS) is 21.2. The third-order valence-corrected chi connectivity index (χ3v) is 10.00. The number of nitrogens with zero attached hydrogens (tertiary/aromatic N) is 2. The molecular formula is C25H41F3N2O4Si2. The largest absolute Gasteiger partial charge is 0.508 e. The first-order valence-electron chi connectivity index (χ1n) is 12.6. The second-order valence-electron chi connectivity index (χ2n) is 12.6. The van der Waals surface area contributed by atoms with E-state index in [0.29, 0.717) is 31.9 Å². The maximum Gasteiger partial charge on any atom is 0.418 e. The average Bonchev–Trinajstić information content (AvgIpc) is 3.03. The van der Waals surface area contributed by atoms with Gasteiger partial charge in [-0.1, -0.05) is 39.3 Å². The Morgan fingerprint density at radius 1 is 1.03 bits per heavy atom. The number of aromatic hydroxyl groups is 1. The predicted octanol–water partition coefficient (Wildman–Crippen LogP) is 7.04. The molecule has 0 radical (unpaired) electrons. The standard InChI is InChI=1S/C25H41F3N2O4Si2/c1-24(34-17-33-9-11-36(5,6)7)14-18(15-24)23-29-21-13-19(31)12-20(25(26,27)28)22(21)30(23)16-32-8-10-35(2,3)4/h12-13,18,31H,8-11,14-17H2,1-7H3. The molecule has 0 aliphatic heterocycles. The molecule has 204 valence electrons. The summed E-state index contributed by atoms with van der Waals surface area (Å²) >= 11 is 0. The molecule has 1 N–H and O–H groups in total. The Morgan fingerprint density at radius 3 is 2.17 bits per heavy atom. The van der Waals surface area contributed by atoms with Crippen molar-refractivity contribution in [2.75, 3.05) is 20.0 Å². The fraction of sp³-hybridized carbons (Fsp3) is 0.720. The zero-order valence-electron chi connectivity index (χ0n) is 22.6. The summed E-state index contributed by atoms with van der Waals surface area (Å²) in [6.45, 7) is 16.9. The molecule has 1 fully saturated rings. The first-order chi connectivity index (χ1) is 16.5. The Labute approximate surface area is 214 Å². The second-order valence-corrected chi connectivity index (χ2v) is 23.9. The quantitative estimate of drug-likeness (QED) is 0.176. The SMILES string of the molecule is CC1(OCOCC[Si](C)(C)C)CC(c2nc3cc(O)cc(C(F)(F)F)c3n2COCC[Si](C)(C)C)C1. The smallest absolute Gasteiger partial charge is 0.418 e. The van der Waals surface area contributed by atoms with E-state index in [1.165, 1.54) is 10.6 Å². The van der Waals surface area contributed by atoms with Gasteiger partial charge in [-0.25, -0.2) is 4.98 Å². The van der Waals surface area contributed by atoms with Gasteiger partial charge in [-0.3, -0.25) is 0 Å². The molecule has 1 saturated carbocycles. The number of rotatable bonds is 12. The molecule has 0 unspecified atom stereocenters. The van der Waals surface area contributed by atoms with Crippen LogP contribution in [0.15, 0.2) is 12.1 Å². The molecule has 6 nitrogen and oxygen atoms in total. The van der Waals surface area contributed by atoms with Crippen LogP contribution >= 0.6 is 0 Å². The molecule has 1 aromatic carbocycles. The molecule has 1 aliphatic carbocycles. The molecular weight excluding hydrogens is 505 g/mol. The maximum atomic E-state index is 13.9. The minimum atomic E-state index is -4.63. The van der Waals surface area contributed by atoms with Gasteiger partial charge in [0.1, 0.15) is 25.1 Å². The van der Waals surface area contributed by atoms with E-state index in [0.717, 1.165) is 18.2 Å². The lowest BCUT2D eigenvalue weighted by molar-refractivity contribution is -0.171. The molecule has 1 aliphatic rings. The molecule has 11 heteroatoms. The number of fused-ring (bicyclic) bond motifs is 1. The highest BCUT2D eigenvalue weighted by Gasteiger charge is 2.45. The van der Waals surface area contributed by atoms with Gasteiger partial charge in [0, 0.05) is 41.3 Å². The van der Waals surface area contributed by atoms with Gasteiger partial charge < -0.3 is 23.9 Å². The Morgan fingerprint density at radius 2 is 1.61 bits per heavy atom. The van der Waals surface area contributed by atoms with Gasteiger partial charge in [-0.15, -0.1) is 0 Å². The summed E-state index contributed by atoms with van der Waals surface area (Å²) in [4.78, 5) is 4.55. The summed E-state index contributed by atoms with van der Waals surface area (Å²) in [6.07, 6.45) is -3.39. The molecule has 0 bridgehead atoms. The minimum Gasteiger partial charge on any atom is -0.508 e. The number of aromatic nitrogens is 2. The summed E-state index contributed by atoms with van der Waals surface area (Å²) in [5.74, 6) is 0.00551. The first kappa shape index (κ1) is 29.2. The van der Waals surface area contributed by atoms with Crippen LogP contribution in [0.5, 0.6) is 5.75 Å². The number of phenolic OH excluding ortho intramolecular Hbond substituents is 1. The van der Waals surface area contributed by atoms with Gasteiger partial charge in [0.15, 0.2) is 0 Å². The van der Waals surface area contributed by atoms with Crippen LogP contribution in [0.25, 0.3) is 11.0 Å². The lowest BCUT2D eigenvalue weighted by Gasteiger charge is -2.44. The van der Waals surface area contributed by atoms with Gasteiger partial charge >= 0.3 is 6.18 Å². The van der Waals surface area contributed by atoms with Crippen molar-refractivity contribution in [2.24, 2.45) is 0 Å². The number of phenols is 1. The summed E-state index contributed by atoms with van der Waals surface area (Å²) in [7, 11) is -2.52. The maximum absolute atomic E-state index is 13.9. The zero-order valence-corrected chi connectivity index (χ0v) is 24.6. The molecule has 1 heterocycles. The van der Waals surface area contributed by atoms with Crippen molar-refractivity contribution in [2.45, 2.75) is 95.6 Å². The third kappa shape index (κ3) is 7.80. The number of ether oxygens (including phenoxy) is 3. The van der Waals surface area contributed by atoms with Gasteiger partial charge in [-0.2, -0.15) is 13.2 Å². The van der Waals surface area contributed by atoms with Crippen LogP contribution in [0, 0.1) is 0 Å². The monoisotopic (exact) mass is 546 g/mol. The molecule has 0 saturated heterocycles. The third-order valence-electron chi connectivity index (χ3n) is 6.59. The van der Waals surface area contributed by atoms with E-state index in [1.807, 2.05) is 6.92 Å². The van der Waals surface area contributed by atoms with Crippen LogP contribution in [0.3, 0.4) is 0 Å². The van der Waals surface area contributed by atoms with Gasteiger partial charge in [0.25, 0.3) is 0 Å². The molecule has 3 rings (SSSR count). The number of imidazole rings is 1. The number of hydrogen-bond acceptors (Lipinski definition) is 5. The van der Waals surface area contributed by atoms with Crippen LogP contribution in [0.1, 0.15) is 37.1 Å². The zero-order chi connectivity index (χ0) is 26.9. The van der Waals surface area contributed by atoms with Crippen molar-refractivity contribution in [1.29, 1.82) is 0 Å². The summed E-state index contributed by atoms with van der Waals surface area (Å²) in [5, 5.41) is 9.95. The highest BCUT2D eigenvalue weighted by Crippen LogP contribution is 2.48. The van der Waals surface area contributed by atoms with E-state index >= 15 is 0 Å². The van der Waals surface area contributed by atoms with Crippen molar-refractivity contribution in [3.63, 3.8) is 0 Å². The number of hydrogen-bond donors (Lipinski definition) is 1. The van der Waals surface area contributed by atoms with Gasteiger partial charge in [-0.05, 0) is 37.9 Å². The molecule has 2 aromatic rings. The molecule has 0 atom stereocenters. The highest BCUT2D eigenvalue weighted by molar-refractivity contribution is 6.76. The number of benzene rings is 1. The van der Waals surface area contributed by atoms with Crippen LogP contribution in [0.4, 0.5) is 13.2 Å². The Kier molecular flexibility index (Phi) is 8.71. The molecule has 0 amide bonds. The second kappa shape index (κ2) is 10.8. The van der Waals surface area contributed by atoms with Crippen molar-refractivity contribution < 1.29 is 32.5 Å². The fourth-order valence-electron chi connectivity index (χ4n) is 4.37. The lowest BCUT2D eigenvalue weighted by atomic mass is 9.71. The summed E-state index contributed by atoms with van der Waals surface area (Å²) in [5.41, 5.74) is -1.25.